The number of esters is 1. The van der Waals surface area contributed by atoms with Gasteiger partial charge in [0.1, 0.15) is 17.5 Å². The maximum Gasteiger partial charge on any atom is 0.348 e. The van der Waals surface area contributed by atoms with Crippen LogP contribution in [0.5, 0.6) is 0 Å². The van der Waals surface area contributed by atoms with Crippen LogP contribution in [0.25, 0.3) is 6.08 Å². The number of anilines is 1. The molecule has 2 aromatic rings. The number of benzene rings is 1. The second-order valence-electron chi connectivity index (χ2n) is 5.17. The molecular formula is C17H15ClN4O4. The molecule has 8 nitrogen and oxygen atoms in total. The minimum absolute atomic E-state index is 0.0663. The summed E-state index contributed by atoms with van der Waals surface area (Å²) in [6.07, 6.45) is 0.932. The summed E-state index contributed by atoms with van der Waals surface area (Å²) < 4.78 is 5.45. The van der Waals surface area contributed by atoms with Crippen molar-refractivity contribution in [1.82, 2.24) is 9.78 Å². The zero-order chi connectivity index (χ0) is 19.3. The third-order valence-electron chi connectivity index (χ3n) is 3.38. The first-order chi connectivity index (χ1) is 12.4. The lowest BCUT2D eigenvalue weighted by molar-refractivity contribution is -0.137. The molecule has 1 aromatic heterocycles. The summed E-state index contributed by atoms with van der Waals surface area (Å²) in [5, 5.41) is 12.0. The van der Waals surface area contributed by atoms with E-state index >= 15 is 0 Å². The molecule has 1 heterocycles. The monoisotopic (exact) mass is 374 g/mol. The van der Waals surface area contributed by atoms with Crippen LogP contribution in [0.15, 0.2) is 34.6 Å². The van der Waals surface area contributed by atoms with Gasteiger partial charge in [0.25, 0.3) is 11.5 Å². The molecule has 26 heavy (non-hydrogen) atoms. The molecule has 0 aliphatic heterocycles. The van der Waals surface area contributed by atoms with Crippen LogP contribution in [0.3, 0.4) is 0 Å². The Balaban J connectivity index is 2.33. The number of nitrogens with two attached hydrogens (primary N) is 1. The first-order valence-electron chi connectivity index (χ1n) is 7.54. The number of ether oxygens (including phenoxy) is 1. The van der Waals surface area contributed by atoms with Crippen molar-refractivity contribution in [2.45, 2.75) is 13.3 Å². The van der Waals surface area contributed by atoms with Crippen LogP contribution in [0, 0.1) is 11.3 Å². The maximum atomic E-state index is 12.4. The molecule has 0 saturated carbocycles. The van der Waals surface area contributed by atoms with Crippen LogP contribution in [-0.2, 0) is 16.0 Å². The second-order valence-corrected chi connectivity index (χ2v) is 5.60. The van der Waals surface area contributed by atoms with E-state index in [0.29, 0.717) is 10.6 Å². The van der Waals surface area contributed by atoms with E-state index in [2.05, 4.69) is 5.10 Å². The van der Waals surface area contributed by atoms with Gasteiger partial charge >= 0.3 is 5.97 Å². The molecule has 0 saturated heterocycles. The highest BCUT2D eigenvalue weighted by Crippen LogP contribution is 2.12. The molecule has 0 fully saturated rings. The van der Waals surface area contributed by atoms with Crippen molar-refractivity contribution in [2.24, 2.45) is 0 Å². The minimum Gasteiger partial charge on any atom is -0.462 e. The van der Waals surface area contributed by atoms with E-state index in [-0.39, 0.29) is 24.4 Å². The summed E-state index contributed by atoms with van der Waals surface area (Å²) in [4.78, 5) is 36.4. The highest BCUT2D eigenvalue weighted by atomic mass is 35.5. The van der Waals surface area contributed by atoms with Crippen LogP contribution in [0.1, 0.15) is 22.8 Å². The van der Waals surface area contributed by atoms with Crippen LogP contribution in [0.4, 0.5) is 5.82 Å². The number of H-pyrrole nitrogens is 1. The molecule has 0 aliphatic carbocycles. The van der Waals surface area contributed by atoms with Crippen molar-refractivity contribution in [1.29, 1.82) is 5.26 Å². The molecule has 134 valence electrons. The van der Waals surface area contributed by atoms with Gasteiger partial charge in [0.2, 0.25) is 0 Å². The van der Waals surface area contributed by atoms with Gasteiger partial charge in [-0.1, -0.05) is 23.7 Å². The van der Waals surface area contributed by atoms with E-state index in [0.717, 1.165) is 10.8 Å². The molecule has 0 spiro atoms. The smallest absolute Gasteiger partial charge is 0.348 e. The van der Waals surface area contributed by atoms with E-state index in [1.54, 1.807) is 37.3 Å². The predicted molar refractivity (Wildman–Crippen MR) is 95.5 cm³/mol. The summed E-state index contributed by atoms with van der Waals surface area (Å²) >= 11 is 5.79. The number of halogens is 1. The van der Waals surface area contributed by atoms with E-state index < -0.39 is 23.0 Å². The van der Waals surface area contributed by atoms with Gasteiger partial charge < -0.3 is 10.5 Å². The van der Waals surface area contributed by atoms with Gasteiger partial charge in [0.05, 0.1) is 18.6 Å². The number of aromatic nitrogens is 2. The van der Waals surface area contributed by atoms with Crippen molar-refractivity contribution in [3.63, 3.8) is 0 Å². The Morgan fingerprint density at radius 2 is 2.04 bits per heavy atom. The highest BCUT2D eigenvalue weighted by Gasteiger charge is 2.18. The summed E-state index contributed by atoms with van der Waals surface area (Å²) in [7, 11) is 0. The van der Waals surface area contributed by atoms with Gasteiger partial charge in [-0.25, -0.2) is 4.79 Å². The number of nitrogen functional groups attached to an aromatic ring is 1. The summed E-state index contributed by atoms with van der Waals surface area (Å²) in [5.74, 6) is -1.58. The first-order valence-corrected chi connectivity index (χ1v) is 7.92. The Labute approximate surface area is 153 Å². The second kappa shape index (κ2) is 8.18. The van der Waals surface area contributed by atoms with E-state index in [1.165, 1.54) is 0 Å². The molecular weight excluding hydrogens is 360 g/mol. The molecule has 0 amide bonds. The number of aromatic amines is 1. The molecule has 0 aliphatic rings. The van der Waals surface area contributed by atoms with Crippen molar-refractivity contribution < 1.29 is 14.3 Å². The normalized spacial score (nSPS) is 11.0. The number of rotatable bonds is 5. The quantitative estimate of drug-likeness (QED) is 0.465. The number of carbonyl (C=O) groups is 2. The summed E-state index contributed by atoms with van der Waals surface area (Å²) in [6.45, 7) is 1.66. The molecule has 0 bridgehead atoms. The standard InChI is InChI=1S/C17H15ClN4O4/c1-2-26-17(25)11(9-19)8-13-15(20)21-22(16(13)24)14(23)7-10-3-5-12(18)6-4-10/h3-6,8,21H,2,7,20H2,1H3/b11-8+. The lowest BCUT2D eigenvalue weighted by atomic mass is 10.1. The number of nitrogens with one attached hydrogen (secondary N) is 1. The van der Waals surface area contributed by atoms with E-state index in [1.807, 2.05) is 0 Å². The fraction of sp³-hybridized carbons (Fsp3) is 0.176. The predicted octanol–water partition coefficient (Wildman–Crippen LogP) is 1.76. The Kier molecular flexibility index (Phi) is 5.98. The average Bonchev–Trinajstić information content (AvgIpc) is 2.89. The Morgan fingerprint density at radius 1 is 1.38 bits per heavy atom. The first kappa shape index (κ1) is 19.0. The topological polar surface area (TPSA) is 131 Å². The van der Waals surface area contributed by atoms with Crippen molar-refractivity contribution in [3.05, 3.63) is 56.3 Å². The zero-order valence-electron chi connectivity index (χ0n) is 13.8. The number of nitrogens with zero attached hydrogens (tertiary/aromatic N) is 2. The van der Waals surface area contributed by atoms with Crippen LogP contribution < -0.4 is 11.3 Å². The summed E-state index contributed by atoms with van der Waals surface area (Å²) in [5.41, 5.74) is 5.04. The third kappa shape index (κ3) is 4.20. The van der Waals surface area contributed by atoms with Gasteiger partial charge in [0.15, 0.2) is 0 Å². The van der Waals surface area contributed by atoms with Gasteiger partial charge in [-0.2, -0.15) is 9.94 Å². The van der Waals surface area contributed by atoms with Crippen LogP contribution >= 0.6 is 11.6 Å². The molecule has 0 radical (unpaired) electrons. The Morgan fingerprint density at radius 3 is 2.62 bits per heavy atom. The maximum absolute atomic E-state index is 12.4. The number of carbonyl (C=O) groups excluding carboxylic acids is 2. The van der Waals surface area contributed by atoms with Crippen LogP contribution in [-0.4, -0.2) is 28.3 Å². The van der Waals surface area contributed by atoms with Gasteiger partial charge in [-0.3, -0.25) is 14.7 Å². The third-order valence-corrected chi connectivity index (χ3v) is 3.63. The minimum atomic E-state index is -0.881. The van der Waals surface area contributed by atoms with Gasteiger partial charge in [-0.05, 0) is 30.7 Å². The zero-order valence-corrected chi connectivity index (χ0v) is 14.5. The number of hydrogen-bond acceptors (Lipinski definition) is 6. The fourth-order valence-electron chi connectivity index (χ4n) is 2.13. The average molecular weight is 375 g/mol. The Bertz CT molecular complexity index is 964. The van der Waals surface area contributed by atoms with E-state index in [9.17, 15) is 14.4 Å². The summed E-state index contributed by atoms with van der Waals surface area (Å²) in [6, 6.07) is 8.22. The van der Waals surface area contributed by atoms with Crippen molar-refractivity contribution in [2.75, 3.05) is 12.3 Å². The van der Waals surface area contributed by atoms with E-state index in [4.69, 9.17) is 27.3 Å². The number of nitriles is 1. The lowest BCUT2D eigenvalue weighted by Crippen LogP contribution is -2.27. The molecule has 1 aromatic carbocycles. The van der Waals surface area contributed by atoms with Crippen LogP contribution in [0.2, 0.25) is 5.02 Å². The molecule has 0 unspecified atom stereocenters. The molecule has 3 N–H and O–H groups in total. The molecule has 0 atom stereocenters. The van der Waals surface area contributed by atoms with Gasteiger partial charge in [-0.15, -0.1) is 0 Å². The highest BCUT2D eigenvalue weighted by molar-refractivity contribution is 6.30. The Hall–Kier alpha value is -3.31. The molecule has 2 rings (SSSR count). The van der Waals surface area contributed by atoms with Crippen molar-refractivity contribution >= 4 is 35.4 Å². The molecule has 9 heteroatoms. The van der Waals surface area contributed by atoms with Crippen molar-refractivity contribution in [3.8, 4) is 6.07 Å². The number of hydrogen-bond donors (Lipinski definition) is 2. The fourth-order valence-corrected chi connectivity index (χ4v) is 2.25. The SMILES string of the molecule is CCOC(=O)/C(C#N)=C/c1c(N)[nH]n(C(=O)Cc2ccc(Cl)cc2)c1=O. The largest absolute Gasteiger partial charge is 0.462 e. The lowest BCUT2D eigenvalue weighted by Gasteiger charge is -2.01. The van der Waals surface area contributed by atoms with Gasteiger partial charge in [0, 0.05) is 5.02 Å².